The van der Waals surface area contributed by atoms with Gasteiger partial charge in [0.25, 0.3) is 0 Å². The van der Waals surface area contributed by atoms with Crippen LogP contribution in [-0.2, 0) is 4.79 Å². The number of benzene rings is 2. The Bertz CT molecular complexity index is 723. The Labute approximate surface area is 155 Å². The van der Waals surface area contributed by atoms with Crippen molar-refractivity contribution in [2.45, 2.75) is 17.1 Å². The molecule has 2 rings (SSSR count). The van der Waals surface area contributed by atoms with Crippen LogP contribution in [0.25, 0.3) is 0 Å². The molecule has 0 heterocycles. The standard InChI is InChI=1S/C17H17Cl2NO3S/c1-10(24-12-6-4-11(18)5-7-12)17(21)20-14-9-16(23-3)15(22-2)8-13(14)19/h4-10H,1-3H3,(H,20,21). The fraction of sp³-hybridized carbons (Fsp3) is 0.235. The van der Waals surface area contributed by atoms with Gasteiger partial charge in [-0.2, -0.15) is 0 Å². The summed E-state index contributed by atoms with van der Waals surface area (Å²) in [5.74, 6) is 0.836. The van der Waals surface area contributed by atoms with E-state index in [2.05, 4.69) is 5.32 Å². The molecule has 0 fully saturated rings. The number of hydrogen-bond acceptors (Lipinski definition) is 4. The van der Waals surface area contributed by atoms with Crippen LogP contribution in [0.1, 0.15) is 6.92 Å². The number of halogens is 2. The monoisotopic (exact) mass is 385 g/mol. The summed E-state index contributed by atoms with van der Waals surface area (Å²) in [7, 11) is 3.05. The van der Waals surface area contributed by atoms with Crippen LogP contribution in [0.4, 0.5) is 5.69 Å². The number of rotatable bonds is 6. The van der Waals surface area contributed by atoms with Crippen molar-refractivity contribution in [2.24, 2.45) is 0 Å². The van der Waals surface area contributed by atoms with Gasteiger partial charge >= 0.3 is 0 Å². The summed E-state index contributed by atoms with van der Waals surface area (Å²) in [6.07, 6.45) is 0. The van der Waals surface area contributed by atoms with E-state index in [0.29, 0.717) is 27.2 Å². The van der Waals surface area contributed by atoms with Gasteiger partial charge in [-0.25, -0.2) is 0 Å². The maximum absolute atomic E-state index is 12.4. The lowest BCUT2D eigenvalue weighted by atomic mass is 10.2. The molecule has 0 spiro atoms. The third-order valence-electron chi connectivity index (χ3n) is 3.23. The minimum absolute atomic E-state index is 0.163. The summed E-state index contributed by atoms with van der Waals surface area (Å²) in [5.41, 5.74) is 0.475. The second-order valence-corrected chi connectivity index (χ2v) is 7.15. The molecule has 1 unspecified atom stereocenters. The number of anilines is 1. The molecular weight excluding hydrogens is 369 g/mol. The second-order valence-electron chi connectivity index (χ2n) is 4.89. The molecule has 7 heteroatoms. The highest BCUT2D eigenvalue weighted by Gasteiger charge is 2.17. The number of carbonyl (C=O) groups is 1. The van der Waals surface area contributed by atoms with E-state index in [1.807, 2.05) is 19.1 Å². The molecule has 0 radical (unpaired) electrons. The molecule has 4 nitrogen and oxygen atoms in total. The van der Waals surface area contributed by atoms with Crippen LogP contribution in [0, 0.1) is 0 Å². The molecule has 0 aliphatic carbocycles. The van der Waals surface area contributed by atoms with E-state index in [9.17, 15) is 4.79 Å². The predicted molar refractivity (Wildman–Crippen MR) is 100.0 cm³/mol. The number of nitrogens with one attached hydrogen (secondary N) is 1. The highest BCUT2D eigenvalue weighted by molar-refractivity contribution is 8.00. The van der Waals surface area contributed by atoms with Crippen molar-refractivity contribution in [1.29, 1.82) is 0 Å². The van der Waals surface area contributed by atoms with Crippen molar-refractivity contribution in [3.63, 3.8) is 0 Å². The lowest BCUT2D eigenvalue weighted by molar-refractivity contribution is -0.115. The van der Waals surface area contributed by atoms with Crippen LogP contribution in [0.15, 0.2) is 41.3 Å². The Hall–Kier alpha value is -1.56. The minimum Gasteiger partial charge on any atom is -0.493 e. The van der Waals surface area contributed by atoms with Gasteiger partial charge in [0, 0.05) is 22.1 Å². The van der Waals surface area contributed by atoms with Crippen molar-refractivity contribution < 1.29 is 14.3 Å². The van der Waals surface area contributed by atoms with E-state index in [0.717, 1.165) is 4.90 Å². The molecule has 0 aromatic heterocycles. The zero-order valence-electron chi connectivity index (χ0n) is 13.4. The van der Waals surface area contributed by atoms with E-state index in [1.165, 1.54) is 26.0 Å². The number of ether oxygens (including phenoxy) is 2. The first-order valence-corrected chi connectivity index (χ1v) is 8.72. The van der Waals surface area contributed by atoms with Crippen molar-refractivity contribution in [2.75, 3.05) is 19.5 Å². The van der Waals surface area contributed by atoms with Gasteiger partial charge < -0.3 is 14.8 Å². The number of methoxy groups -OCH3 is 2. The Kier molecular flexibility index (Phi) is 6.66. The van der Waals surface area contributed by atoms with Gasteiger partial charge in [-0.1, -0.05) is 23.2 Å². The summed E-state index contributed by atoms with van der Waals surface area (Å²) in [6.45, 7) is 1.82. The quantitative estimate of drug-likeness (QED) is 0.700. The number of hydrogen-bond donors (Lipinski definition) is 1. The van der Waals surface area contributed by atoms with Gasteiger partial charge in [0.15, 0.2) is 11.5 Å². The van der Waals surface area contributed by atoms with Gasteiger partial charge in [-0.05, 0) is 31.2 Å². The highest BCUT2D eigenvalue weighted by atomic mass is 35.5. The lowest BCUT2D eigenvalue weighted by Gasteiger charge is -2.15. The van der Waals surface area contributed by atoms with Crippen LogP contribution in [0.3, 0.4) is 0 Å². The summed E-state index contributed by atoms with van der Waals surface area (Å²) in [4.78, 5) is 13.4. The molecule has 1 atom stereocenters. The molecule has 0 aliphatic rings. The predicted octanol–water partition coefficient (Wildman–Crippen LogP) is 5.13. The average Bonchev–Trinajstić information content (AvgIpc) is 2.58. The third kappa shape index (κ3) is 4.72. The Morgan fingerprint density at radius 1 is 1.08 bits per heavy atom. The largest absolute Gasteiger partial charge is 0.493 e. The Morgan fingerprint density at radius 2 is 1.67 bits per heavy atom. The third-order valence-corrected chi connectivity index (χ3v) is 4.90. The van der Waals surface area contributed by atoms with Gasteiger partial charge in [-0.15, -0.1) is 11.8 Å². The minimum atomic E-state index is -0.310. The van der Waals surface area contributed by atoms with E-state index >= 15 is 0 Å². The normalized spacial score (nSPS) is 11.7. The molecule has 0 saturated heterocycles. The average molecular weight is 386 g/mol. The molecule has 2 aromatic carbocycles. The topological polar surface area (TPSA) is 47.6 Å². The molecule has 1 amide bonds. The van der Waals surface area contributed by atoms with E-state index in [4.69, 9.17) is 32.7 Å². The fourth-order valence-corrected chi connectivity index (χ4v) is 3.15. The maximum Gasteiger partial charge on any atom is 0.237 e. The van der Waals surface area contributed by atoms with Crippen LogP contribution in [-0.4, -0.2) is 25.4 Å². The van der Waals surface area contributed by atoms with Crippen molar-refractivity contribution in [1.82, 2.24) is 0 Å². The molecule has 0 bridgehead atoms. The van der Waals surface area contributed by atoms with Crippen LogP contribution >= 0.6 is 35.0 Å². The summed E-state index contributed by atoms with van der Waals surface area (Å²) < 4.78 is 10.4. The number of thioether (sulfide) groups is 1. The summed E-state index contributed by atoms with van der Waals surface area (Å²) in [6, 6.07) is 10.6. The van der Waals surface area contributed by atoms with E-state index in [1.54, 1.807) is 24.3 Å². The molecule has 1 N–H and O–H groups in total. The SMILES string of the molecule is COc1cc(Cl)c(NC(=O)C(C)Sc2ccc(Cl)cc2)cc1OC. The number of carbonyl (C=O) groups excluding carboxylic acids is 1. The van der Waals surface area contributed by atoms with E-state index < -0.39 is 0 Å². The first-order chi connectivity index (χ1) is 11.4. The van der Waals surface area contributed by atoms with Crippen LogP contribution in [0.5, 0.6) is 11.5 Å². The first-order valence-electron chi connectivity index (χ1n) is 7.09. The van der Waals surface area contributed by atoms with Crippen LogP contribution < -0.4 is 14.8 Å². The van der Waals surface area contributed by atoms with Gasteiger partial charge in [0.1, 0.15) is 0 Å². The van der Waals surface area contributed by atoms with Gasteiger partial charge in [0.05, 0.1) is 30.2 Å². The summed E-state index contributed by atoms with van der Waals surface area (Å²) in [5, 5.41) is 3.54. The molecular formula is C17H17Cl2NO3S. The second kappa shape index (κ2) is 8.51. The molecule has 128 valence electrons. The van der Waals surface area contributed by atoms with Crippen LogP contribution in [0.2, 0.25) is 10.0 Å². The fourth-order valence-electron chi connectivity index (χ4n) is 1.96. The lowest BCUT2D eigenvalue weighted by Crippen LogP contribution is -2.22. The zero-order chi connectivity index (χ0) is 17.7. The maximum atomic E-state index is 12.4. The molecule has 2 aromatic rings. The van der Waals surface area contributed by atoms with Gasteiger partial charge in [-0.3, -0.25) is 4.79 Å². The smallest absolute Gasteiger partial charge is 0.237 e. The first kappa shape index (κ1) is 18.8. The van der Waals surface area contributed by atoms with Crippen molar-refractivity contribution in [3.8, 4) is 11.5 Å². The Morgan fingerprint density at radius 3 is 2.25 bits per heavy atom. The van der Waals surface area contributed by atoms with E-state index in [-0.39, 0.29) is 11.2 Å². The van der Waals surface area contributed by atoms with Crippen molar-refractivity contribution >= 4 is 46.6 Å². The van der Waals surface area contributed by atoms with Crippen molar-refractivity contribution in [3.05, 3.63) is 46.4 Å². The number of amides is 1. The highest BCUT2D eigenvalue weighted by Crippen LogP contribution is 2.36. The summed E-state index contributed by atoms with van der Waals surface area (Å²) >= 11 is 13.5. The Balaban J connectivity index is 2.09. The molecule has 0 saturated carbocycles. The van der Waals surface area contributed by atoms with Gasteiger partial charge in [0.2, 0.25) is 5.91 Å². The molecule has 24 heavy (non-hydrogen) atoms. The molecule has 0 aliphatic heterocycles. The zero-order valence-corrected chi connectivity index (χ0v) is 15.8.